The summed E-state index contributed by atoms with van der Waals surface area (Å²) in [6.07, 6.45) is 2.13. The zero-order valence-electron chi connectivity index (χ0n) is 12.4. The summed E-state index contributed by atoms with van der Waals surface area (Å²) in [4.78, 5) is 14.2. The normalized spacial score (nSPS) is 17.9. The molecule has 1 atom stereocenters. The van der Waals surface area contributed by atoms with Crippen molar-refractivity contribution in [3.05, 3.63) is 29.6 Å². The Bertz CT molecular complexity index is 481. The van der Waals surface area contributed by atoms with Gasteiger partial charge in [-0.2, -0.15) is 0 Å². The van der Waals surface area contributed by atoms with E-state index in [1.807, 2.05) is 11.8 Å². The molecule has 1 amide bonds. The molecule has 1 unspecified atom stereocenters. The van der Waals surface area contributed by atoms with Crippen LogP contribution in [-0.2, 0) is 4.79 Å². The van der Waals surface area contributed by atoms with Crippen LogP contribution in [0.1, 0.15) is 32.3 Å². The molecule has 0 saturated carbocycles. The number of nitrogens with zero attached hydrogens (tertiary/aromatic N) is 1. The lowest BCUT2D eigenvalue weighted by Crippen LogP contribution is -2.45. The van der Waals surface area contributed by atoms with Gasteiger partial charge in [0.05, 0.1) is 0 Å². The number of amides is 1. The summed E-state index contributed by atoms with van der Waals surface area (Å²) < 4.78 is 13.5. The monoisotopic (exact) mass is 278 g/mol. The number of halogens is 1. The average Bonchev–Trinajstić information content (AvgIpc) is 2.43. The SMILES string of the molecule is Cc1ccc(NC(C)C(=O)N2CCC(C)CC2)cc1F. The van der Waals surface area contributed by atoms with Gasteiger partial charge in [0, 0.05) is 18.8 Å². The van der Waals surface area contributed by atoms with E-state index < -0.39 is 0 Å². The third kappa shape index (κ3) is 3.50. The Morgan fingerprint density at radius 2 is 2.05 bits per heavy atom. The number of piperidine rings is 1. The molecule has 1 saturated heterocycles. The predicted octanol–water partition coefficient (Wildman–Crippen LogP) is 3.19. The molecule has 1 aromatic carbocycles. The summed E-state index contributed by atoms with van der Waals surface area (Å²) in [5, 5.41) is 3.09. The van der Waals surface area contributed by atoms with Crippen LogP contribution in [0.5, 0.6) is 0 Å². The maximum atomic E-state index is 13.5. The second kappa shape index (κ2) is 6.25. The van der Waals surface area contributed by atoms with E-state index in [4.69, 9.17) is 0 Å². The van der Waals surface area contributed by atoms with Crippen molar-refractivity contribution < 1.29 is 9.18 Å². The van der Waals surface area contributed by atoms with Crippen LogP contribution in [0.15, 0.2) is 18.2 Å². The molecule has 2 rings (SSSR count). The van der Waals surface area contributed by atoms with Crippen LogP contribution in [0, 0.1) is 18.7 Å². The minimum absolute atomic E-state index is 0.0953. The van der Waals surface area contributed by atoms with Gasteiger partial charge in [0.1, 0.15) is 11.9 Å². The molecule has 1 aliphatic rings. The van der Waals surface area contributed by atoms with E-state index >= 15 is 0 Å². The van der Waals surface area contributed by atoms with Crippen LogP contribution in [0.3, 0.4) is 0 Å². The van der Waals surface area contributed by atoms with Crippen LogP contribution in [0.4, 0.5) is 10.1 Å². The Balaban J connectivity index is 1.95. The Labute approximate surface area is 120 Å². The van der Waals surface area contributed by atoms with Crippen LogP contribution in [0.2, 0.25) is 0 Å². The highest BCUT2D eigenvalue weighted by molar-refractivity contribution is 5.84. The molecule has 0 aliphatic carbocycles. The molecule has 20 heavy (non-hydrogen) atoms. The van der Waals surface area contributed by atoms with E-state index in [1.165, 1.54) is 6.07 Å². The topological polar surface area (TPSA) is 32.3 Å². The summed E-state index contributed by atoms with van der Waals surface area (Å²) in [7, 11) is 0. The number of nitrogens with one attached hydrogen (secondary N) is 1. The van der Waals surface area contributed by atoms with Gasteiger partial charge >= 0.3 is 0 Å². The third-order valence-corrected chi connectivity index (χ3v) is 4.02. The highest BCUT2D eigenvalue weighted by Gasteiger charge is 2.24. The van der Waals surface area contributed by atoms with Gasteiger partial charge in [0.15, 0.2) is 0 Å². The molecule has 1 aromatic rings. The van der Waals surface area contributed by atoms with Crippen LogP contribution in [0.25, 0.3) is 0 Å². The first-order chi connectivity index (χ1) is 9.47. The molecule has 110 valence electrons. The van der Waals surface area contributed by atoms with Gasteiger partial charge in [-0.05, 0) is 50.3 Å². The molecule has 1 fully saturated rings. The van der Waals surface area contributed by atoms with Crippen molar-refractivity contribution in [2.75, 3.05) is 18.4 Å². The fourth-order valence-electron chi connectivity index (χ4n) is 2.50. The number of benzene rings is 1. The minimum Gasteiger partial charge on any atom is -0.374 e. The van der Waals surface area contributed by atoms with Gasteiger partial charge in [-0.3, -0.25) is 4.79 Å². The van der Waals surface area contributed by atoms with E-state index in [1.54, 1.807) is 19.1 Å². The maximum absolute atomic E-state index is 13.5. The average molecular weight is 278 g/mol. The minimum atomic E-state index is -0.328. The second-order valence-electron chi connectivity index (χ2n) is 5.84. The van der Waals surface area contributed by atoms with Crippen molar-refractivity contribution in [2.45, 2.75) is 39.7 Å². The van der Waals surface area contributed by atoms with Crippen molar-refractivity contribution in [2.24, 2.45) is 5.92 Å². The molecule has 0 radical (unpaired) electrons. The van der Waals surface area contributed by atoms with Gasteiger partial charge in [-0.25, -0.2) is 4.39 Å². The molecule has 1 heterocycles. The van der Waals surface area contributed by atoms with Crippen LogP contribution >= 0.6 is 0 Å². The first kappa shape index (κ1) is 14.8. The molecular formula is C16H23FN2O. The smallest absolute Gasteiger partial charge is 0.244 e. The van der Waals surface area contributed by atoms with Crippen molar-refractivity contribution in [1.29, 1.82) is 0 Å². The molecule has 3 nitrogen and oxygen atoms in total. The highest BCUT2D eigenvalue weighted by atomic mass is 19.1. The zero-order valence-corrected chi connectivity index (χ0v) is 12.4. The Morgan fingerprint density at radius 3 is 2.65 bits per heavy atom. The van der Waals surface area contributed by atoms with Crippen molar-refractivity contribution in [1.82, 2.24) is 4.90 Å². The summed E-state index contributed by atoms with van der Waals surface area (Å²) in [5.74, 6) is 0.549. The number of anilines is 1. The largest absolute Gasteiger partial charge is 0.374 e. The molecule has 4 heteroatoms. The first-order valence-corrected chi connectivity index (χ1v) is 7.29. The molecule has 0 bridgehead atoms. The van der Waals surface area contributed by atoms with Crippen LogP contribution in [-0.4, -0.2) is 29.9 Å². The second-order valence-corrected chi connectivity index (χ2v) is 5.84. The number of hydrogen-bond donors (Lipinski definition) is 1. The molecular weight excluding hydrogens is 255 g/mol. The van der Waals surface area contributed by atoms with E-state index in [0.717, 1.165) is 25.9 Å². The Hall–Kier alpha value is -1.58. The lowest BCUT2D eigenvalue weighted by molar-refractivity contribution is -0.132. The third-order valence-electron chi connectivity index (χ3n) is 4.02. The zero-order chi connectivity index (χ0) is 14.7. The van der Waals surface area contributed by atoms with E-state index in [9.17, 15) is 9.18 Å². The van der Waals surface area contributed by atoms with Gasteiger partial charge in [0.2, 0.25) is 5.91 Å². The Kier molecular flexibility index (Phi) is 4.63. The molecule has 1 aliphatic heterocycles. The van der Waals surface area contributed by atoms with Gasteiger partial charge in [-0.1, -0.05) is 13.0 Å². The van der Waals surface area contributed by atoms with Gasteiger partial charge in [-0.15, -0.1) is 0 Å². The van der Waals surface area contributed by atoms with E-state index in [-0.39, 0.29) is 17.8 Å². The van der Waals surface area contributed by atoms with Gasteiger partial charge < -0.3 is 10.2 Å². The van der Waals surface area contributed by atoms with E-state index in [0.29, 0.717) is 17.2 Å². The number of carbonyl (C=O) groups is 1. The number of aryl methyl sites for hydroxylation is 1. The maximum Gasteiger partial charge on any atom is 0.244 e. The van der Waals surface area contributed by atoms with Crippen molar-refractivity contribution in [3.63, 3.8) is 0 Å². The lowest BCUT2D eigenvalue weighted by Gasteiger charge is -2.32. The fourth-order valence-corrected chi connectivity index (χ4v) is 2.50. The number of likely N-dealkylation sites (tertiary alicyclic amines) is 1. The van der Waals surface area contributed by atoms with Crippen LogP contribution < -0.4 is 5.32 Å². The fraction of sp³-hybridized carbons (Fsp3) is 0.562. The summed E-state index contributed by atoms with van der Waals surface area (Å²) in [5.41, 5.74) is 1.26. The summed E-state index contributed by atoms with van der Waals surface area (Å²) in [6, 6.07) is 4.64. The first-order valence-electron chi connectivity index (χ1n) is 7.29. The summed E-state index contributed by atoms with van der Waals surface area (Å²) >= 11 is 0. The molecule has 0 aromatic heterocycles. The molecule has 0 spiro atoms. The van der Waals surface area contributed by atoms with Crippen molar-refractivity contribution >= 4 is 11.6 Å². The summed E-state index contributed by atoms with van der Waals surface area (Å²) in [6.45, 7) is 7.43. The Morgan fingerprint density at radius 1 is 1.40 bits per heavy atom. The number of rotatable bonds is 3. The standard InChI is InChI=1S/C16H23FN2O/c1-11-6-8-19(9-7-11)16(20)13(3)18-14-5-4-12(2)15(17)10-14/h4-5,10-11,13,18H,6-9H2,1-3H3. The lowest BCUT2D eigenvalue weighted by atomic mass is 9.99. The van der Waals surface area contributed by atoms with E-state index in [2.05, 4.69) is 12.2 Å². The highest BCUT2D eigenvalue weighted by Crippen LogP contribution is 2.18. The number of hydrogen-bond acceptors (Lipinski definition) is 2. The number of carbonyl (C=O) groups excluding carboxylic acids is 1. The molecule has 1 N–H and O–H groups in total. The van der Waals surface area contributed by atoms with Gasteiger partial charge in [0.25, 0.3) is 0 Å². The quantitative estimate of drug-likeness (QED) is 0.921. The predicted molar refractivity (Wildman–Crippen MR) is 79.2 cm³/mol. The van der Waals surface area contributed by atoms with Crippen molar-refractivity contribution in [3.8, 4) is 0 Å².